The molecule has 1 aliphatic rings. The SMILES string of the molecule is COCc1ccc(CNC(C)C(=O)N2CCCCC2)cc1. The monoisotopic (exact) mass is 290 g/mol. The molecule has 1 heterocycles. The number of carbonyl (C=O) groups is 1. The summed E-state index contributed by atoms with van der Waals surface area (Å²) in [4.78, 5) is 14.3. The Morgan fingerprint density at radius 3 is 2.43 bits per heavy atom. The minimum absolute atomic E-state index is 0.123. The number of methoxy groups -OCH3 is 1. The van der Waals surface area contributed by atoms with E-state index in [0.717, 1.165) is 25.9 Å². The summed E-state index contributed by atoms with van der Waals surface area (Å²) in [6.45, 7) is 5.13. The second kappa shape index (κ2) is 8.15. The number of piperidine rings is 1. The molecule has 2 rings (SSSR count). The Labute approximate surface area is 127 Å². The first-order valence-corrected chi connectivity index (χ1v) is 7.79. The molecule has 1 saturated heterocycles. The van der Waals surface area contributed by atoms with Crippen molar-refractivity contribution < 1.29 is 9.53 Å². The molecule has 1 aromatic rings. The van der Waals surface area contributed by atoms with Crippen molar-refractivity contribution in [2.24, 2.45) is 0 Å². The summed E-state index contributed by atoms with van der Waals surface area (Å²) in [7, 11) is 1.70. The van der Waals surface area contributed by atoms with Gasteiger partial charge in [0, 0.05) is 26.7 Å². The number of hydrogen-bond acceptors (Lipinski definition) is 3. The average Bonchev–Trinajstić information content (AvgIpc) is 2.54. The van der Waals surface area contributed by atoms with E-state index in [2.05, 4.69) is 29.6 Å². The van der Waals surface area contributed by atoms with E-state index in [0.29, 0.717) is 13.2 Å². The molecule has 116 valence electrons. The van der Waals surface area contributed by atoms with Crippen molar-refractivity contribution in [1.82, 2.24) is 10.2 Å². The number of amides is 1. The Morgan fingerprint density at radius 1 is 1.19 bits per heavy atom. The largest absolute Gasteiger partial charge is 0.380 e. The second-order valence-electron chi connectivity index (χ2n) is 5.74. The van der Waals surface area contributed by atoms with Gasteiger partial charge in [-0.3, -0.25) is 4.79 Å². The number of ether oxygens (including phenoxy) is 1. The number of nitrogens with one attached hydrogen (secondary N) is 1. The van der Waals surface area contributed by atoms with Crippen molar-refractivity contribution in [2.75, 3.05) is 20.2 Å². The molecule has 1 N–H and O–H groups in total. The molecule has 1 aromatic carbocycles. The van der Waals surface area contributed by atoms with Gasteiger partial charge in [-0.15, -0.1) is 0 Å². The van der Waals surface area contributed by atoms with Crippen LogP contribution in [0.25, 0.3) is 0 Å². The number of likely N-dealkylation sites (tertiary alicyclic amines) is 1. The smallest absolute Gasteiger partial charge is 0.239 e. The highest BCUT2D eigenvalue weighted by Gasteiger charge is 2.21. The van der Waals surface area contributed by atoms with Gasteiger partial charge < -0.3 is 15.0 Å². The Morgan fingerprint density at radius 2 is 1.81 bits per heavy atom. The van der Waals surface area contributed by atoms with Crippen LogP contribution in [-0.2, 0) is 22.7 Å². The number of carbonyl (C=O) groups excluding carboxylic acids is 1. The molecule has 0 spiro atoms. The molecule has 1 atom stereocenters. The third kappa shape index (κ3) is 4.83. The van der Waals surface area contributed by atoms with Crippen molar-refractivity contribution in [3.05, 3.63) is 35.4 Å². The van der Waals surface area contributed by atoms with Crippen LogP contribution in [0.1, 0.15) is 37.3 Å². The van der Waals surface area contributed by atoms with Crippen LogP contribution in [0.5, 0.6) is 0 Å². The molecular weight excluding hydrogens is 264 g/mol. The van der Waals surface area contributed by atoms with Crippen LogP contribution in [0.3, 0.4) is 0 Å². The standard InChI is InChI=1S/C17H26N2O2/c1-14(17(20)19-10-4-3-5-11-19)18-12-15-6-8-16(9-7-15)13-21-2/h6-9,14,18H,3-5,10-13H2,1-2H3. The summed E-state index contributed by atoms with van der Waals surface area (Å²) < 4.78 is 5.10. The summed E-state index contributed by atoms with van der Waals surface area (Å²) in [6, 6.07) is 8.18. The van der Waals surface area contributed by atoms with Gasteiger partial charge >= 0.3 is 0 Å². The average molecular weight is 290 g/mol. The molecular formula is C17H26N2O2. The van der Waals surface area contributed by atoms with Crippen molar-refractivity contribution in [3.63, 3.8) is 0 Å². The third-order valence-corrected chi connectivity index (χ3v) is 3.98. The van der Waals surface area contributed by atoms with Gasteiger partial charge in [0.1, 0.15) is 0 Å². The van der Waals surface area contributed by atoms with E-state index in [1.807, 2.05) is 11.8 Å². The summed E-state index contributed by atoms with van der Waals surface area (Å²) >= 11 is 0. The van der Waals surface area contributed by atoms with E-state index in [1.54, 1.807) is 7.11 Å². The van der Waals surface area contributed by atoms with E-state index in [1.165, 1.54) is 17.5 Å². The Balaban J connectivity index is 1.79. The first-order valence-electron chi connectivity index (χ1n) is 7.79. The number of hydrogen-bond donors (Lipinski definition) is 1. The third-order valence-electron chi connectivity index (χ3n) is 3.98. The fraction of sp³-hybridized carbons (Fsp3) is 0.588. The molecule has 1 unspecified atom stereocenters. The highest BCUT2D eigenvalue weighted by atomic mass is 16.5. The first-order chi connectivity index (χ1) is 10.2. The van der Waals surface area contributed by atoms with Crippen molar-refractivity contribution in [1.29, 1.82) is 0 Å². The van der Waals surface area contributed by atoms with E-state index < -0.39 is 0 Å². The fourth-order valence-electron chi connectivity index (χ4n) is 2.67. The van der Waals surface area contributed by atoms with Crippen LogP contribution < -0.4 is 5.32 Å². The maximum Gasteiger partial charge on any atom is 0.239 e. The molecule has 0 aliphatic carbocycles. The zero-order valence-corrected chi connectivity index (χ0v) is 13.1. The van der Waals surface area contributed by atoms with Gasteiger partial charge in [-0.05, 0) is 37.3 Å². The molecule has 1 aliphatic heterocycles. The molecule has 0 aromatic heterocycles. The van der Waals surface area contributed by atoms with E-state index in [4.69, 9.17) is 4.74 Å². The lowest BCUT2D eigenvalue weighted by Gasteiger charge is -2.29. The van der Waals surface area contributed by atoms with Crippen LogP contribution in [0, 0.1) is 0 Å². The van der Waals surface area contributed by atoms with Gasteiger partial charge in [-0.2, -0.15) is 0 Å². The van der Waals surface area contributed by atoms with Crippen molar-refractivity contribution >= 4 is 5.91 Å². The Hall–Kier alpha value is -1.39. The number of rotatable bonds is 6. The molecule has 1 fully saturated rings. The first kappa shape index (κ1) is 16.0. The lowest BCUT2D eigenvalue weighted by atomic mass is 10.1. The minimum Gasteiger partial charge on any atom is -0.380 e. The van der Waals surface area contributed by atoms with E-state index >= 15 is 0 Å². The van der Waals surface area contributed by atoms with Gasteiger partial charge in [-0.1, -0.05) is 24.3 Å². The van der Waals surface area contributed by atoms with Crippen LogP contribution in [-0.4, -0.2) is 37.0 Å². The van der Waals surface area contributed by atoms with Gasteiger partial charge in [-0.25, -0.2) is 0 Å². The molecule has 0 radical (unpaired) electrons. The molecule has 0 bridgehead atoms. The van der Waals surface area contributed by atoms with Gasteiger partial charge in [0.25, 0.3) is 0 Å². The zero-order valence-electron chi connectivity index (χ0n) is 13.1. The van der Waals surface area contributed by atoms with Gasteiger partial charge in [0.05, 0.1) is 12.6 Å². The molecule has 4 heteroatoms. The van der Waals surface area contributed by atoms with Crippen molar-refractivity contribution in [3.8, 4) is 0 Å². The van der Waals surface area contributed by atoms with Crippen LogP contribution in [0.15, 0.2) is 24.3 Å². The normalized spacial score (nSPS) is 16.8. The minimum atomic E-state index is -0.123. The zero-order chi connectivity index (χ0) is 15.1. The maximum absolute atomic E-state index is 12.3. The topological polar surface area (TPSA) is 41.6 Å². The van der Waals surface area contributed by atoms with Gasteiger partial charge in [0.15, 0.2) is 0 Å². The van der Waals surface area contributed by atoms with E-state index in [-0.39, 0.29) is 11.9 Å². The molecule has 1 amide bonds. The summed E-state index contributed by atoms with van der Waals surface area (Å²) in [5.74, 6) is 0.228. The highest BCUT2D eigenvalue weighted by Crippen LogP contribution is 2.10. The summed E-state index contributed by atoms with van der Waals surface area (Å²) in [5, 5.41) is 3.32. The predicted octanol–water partition coefficient (Wildman–Crippen LogP) is 2.32. The Bertz CT molecular complexity index is 439. The second-order valence-corrected chi connectivity index (χ2v) is 5.74. The molecule has 0 saturated carbocycles. The van der Waals surface area contributed by atoms with Crippen molar-refractivity contribution in [2.45, 2.75) is 45.4 Å². The lowest BCUT2D eigenvalue weighted by Crippen LogP contribution is -2.46. The maximum atomic E-state index is 12.3. The van der Waals surface area contributed by atoms with Crippen LogP contribution >= 0.6 is 0 Å². The molecule has 4 nitrogen and oxygen atoms in total. The summed E-state index contributed by atoms with van der Waals surface area (Å²) in [5.41, 5.74) is 2.35. The lowest BCUT2D eigenvalue weighted by molar-refractivity contribution is -0.133. The number of benzene rings is 1. The van der Waals surface area contributed by atoms with Crippen LogP contribution in [0.4, 0.5) is 0 Å². The summed E-state index contributed by atoms with van der Waals surface area (Å²) in [6.07, 6.45) is 3.53. The predicted molar refractivity (Wildman–Crippen MR) is 83.9 cm³/mol. The highest BCUT2D eigenvalue weighted by molar-refractivity contribution is 5.81. The van der Waals surface area contributed by atoms with E-state index in [9.17, 15) is 4.79 Å². The Kier molecular flexibility index (Phi) is 6.21. The molecule has 21 heavy (non-hydrogen) atoms. The quantitative estimate of drug-likeness (QED) is 0.874. The fourth-order valence-corrected chi connectivity index (χ4v) is 2.67. The van der Waals surface area contributed by atoms with Crippen LogP contribution in [0.2, 0.25) is 0 Å². The van der Waals surface area contributed by atoms with Gasteiger partial charge in [0.2, 0.25) is 5.91 Å². The number of nitrogens with zero attached hydrogens (tertiary/aromatic N) is 1.